The number of carbonyl (C=O) groups is 3. The number of amides is 3. The minimum absolute atomic E-state index is 0.0552. The standard InChI is InChI=1S/C34H46N6O8/c1-19-24-12-21(14-35-11-10-23-15-39(31(42)47-23)27-9-8-26-29(37-27)38-28(41)18-44-26)13-25(24)20(2)36-30(19)45-16-22-17-46-34(6,7)40(22)32(43)48-33(3,4)5/h8-9,21-23,35H,10-18H2,1-7H3,(H,37,38,41)/t21?,22-,23?/m0/s1. The molecule has 2 N–H and O–H groups in total. The molecule has 6 rings (SSSR count). The minimum atomic E-state index is -0.805. The number of nitrogens with one attached hydrogen (secondary N) is 2. The Kier molecular flexibility index (Phi) is 9.16. The number of anilines is 2. The number of ether oxygens (including phenoxy) is 5. The number of aryl methyl sites for hydroxylation is 1. The van der Waals surface area contributed by atoms with Gasteiger partial charge in [-0.15, -0.1) is 0 Å². The van der Waals surface area contributed by atoms with Gasteiger partial charge in [0.05, 0.1) is 19.2 Å². The molecule has 0 spiro atoms. The van der Waals surface area contributed by atoms with Gasteiger partial charge in [0.1, 0.15) is 29.9 Å². The summed E-state index contributed by atoms with van der Waals surface area (Å²) in [6.07, 6.45) is 1.34. The van der Waals surface area contributed by atoms with Crippen LogP contribution in [0, 0.1) is 19.8 Å². The van der Waals surface area contributed by atoms with Crippen molar-refractivity contribution in [3.05, 3.63) is 34.5 Å². The maximum absolute atomic E-state index is 13.0. The number of nitrogens with zero attached hydrogens (tertiary/aromatic N) is 4. The number of carbonyl (C=O) groups excluding carboxylic acids is 3. The molecule has 4 aliphatic rings. The van der Waals surface area contributed by atoms with Crippen LogP contribution >= 0.6 is 0 Å². The molecular weight excluding hydrogens is 620 g/mol. The maximum Gasteiger partial charge on any atom is 0.415 e. The first-order chi connectivity index (χ1) is 22.7. The minimum Gasteiger partial charge on any atom is -0.480 e. The zero-order valence-electron chi connectivity index (χ0n) is 28.8. The topological polar surface area (TPSA) is 154 Å². The van der Waals surface area contributed by atoms with Crippen LogP contribution < -0.4 is 25.0 Å². The van der Waals surface area contributed by atoms with Gasteiger partial charge in [0.25, 0.3) is 5.91 Å². The predicted octanol–water partition coefficient (Wildman–Crippen LogP) is 3.90. The van der Waals surface area contributed by atoms with Crippen molar-refractivity contribution in [3.8, 4) is 11.6 Å². The van der Waals surface area contributed by atoms with Gasteiger partial charge in [0, 0.05) is 11.3 Å². The number of cyclic esters (lactones) is 1. The molecule has 0 aromatic carbocycles. The second-order valence-electron chi connectivity index (χ2n) is 14.4. The molecule has 260 valence electrons. The maximum atomic E-state index is 13.0. The van der Waals surface area contributed by atoms with Crippen molar-refractivity contribution in [3.63, 3.8) is 0 Å². The van der Waals surface area contributed by atoms with Crippen LogP contribution in [0.4, 0.5) is 21.2 Å². The van der Waals surface area contributed by atoms with Gasteiger partial charge in [-0.05, 0) is 110 Å². The fraction of sp³-hybridized carbons (Fsp3) is 0.618. The van der Waals surface area contributed by atoms with Crippen molar-refractivity contribution in [2.45, 2.75) is 91.2 Å². The highest BCUT2D eigenvalue weighted by atomic mass is 16.6. The summed E-state index contributed by atoms with van der Waals surface area (Å²) in [6, 6.07) is 3.07. The Morgan fingerprint density at radius 3 is 2.69 bits per heavy atom. The Hall–Kier alpha value is -4.17. The van der Waals surface area contributed by atoms with E-state index in [9.17, 15) is 14.4 Å². The van der Waals surface area contributed by atoms with Crippen LogP contribution in [0.1, 0.15) is 63.4 Å². The van der Waals surface area contributed by atoms with Gasteiger partial charge in [0.15, 0.2) is 18.2 Å². The van der Waals surface area contributed by atoms with Crippen LogP contribution in [0.5, 0.6) is 11.6 Å². The molecule has 14 heteroatoms. The smallest absolute Gasteiger partial charge is 0.415 e. The van der Waals surface area contributed by atoms with Gasteiger partial charge in [-0.3, -0.25) is 14.6 Å². The summed E-state index contributed by atoms with van der Waals surface area (Å²) < 4.78 is 28.8. The van der Waals surface area contributed by atoms with E-state index in [2.05, 4.69) is 22.5 Å². The van der Waals surface area contributed by atoms with Gasteiger partial charge in [-0.2, -0.15) is 0 Å². The molecule has 2 aromatic heterocycles. The van der Waals surface area contributed by atoms with Crippen molar-refractivity contribution in [2.75, 3.05) is 49.7 Å². The molecule has 2 aromatic rings. The first-order valence-corrected chi connectivity index (χ1v) is 16.6. The second kappa shape index (κ2) is 13.0. The van der Waals surface area contributed by atoms with Crippen molar-refractivity contribution >= 4 is 29.7 Å². The number of aromatic nitrogens is 2. The third kappa shape index (κ3) is 7.14. The van der Waals surface area contributed by atoms with Crippen LogP contribution in [0.2, 0.25) is 0 Å². The molecular formula is C34H46N6O8. The molecule has 3 amide bonds. The lowest BCUT2D eigenvalue weighted by Crippen LogP contribution is -2.51. The number of fused-ring (bicyclic) bond motifs is 2. The van der Waals surface area contributed by atoms with Gasteiger partial charge < -0.3 is 34.3 Å². The molecule has 48 heavy (non-hydrogen) atoms. The van der Waals surface area contributed by atoms with Crippen LogP contribution in [0.25, 0.3) is 0 Å². The van der Waals surface area contributed by atoms with Crippen molar-refractivity contribution in [2.24, 2.45) is 5.92 Å². The van der Waals surface area contributed by atoms with Crippen molar-refractivity contribution in [1.29, 1.82) is 0 Å². The predicted molar refractivity (Wildman–Crippen MR) is 175 cm³/mol. The van der Waals surface area contributed by atoms with E-state index in [1.165, 1.54) is 16.0 Å². The fourth-order valence-electron chi connectivity index (χ4n) is 6.75. The lowest BCUT2D eigenvalue weighted by Gasteiger charge is -2.35. The lowest BCUT2D eigenvalue weighted by atomic mass is 10.0. The van der Waals surface area contributed by atoms with Crippen LogP contribution in [0.15, 0.2) is 12.1 Å². The van der Waals surface area contributed by atoms with E-state index in [1.807, 2.05) is 41.5 Å². The van der Waals surface area contributed by atoms with Crippen LogP contribution in [-0.2, 0) is 31.8 Å². The molecule has 3 atom stereocenters. The first-order valence-electron chi connectivity index (χ1n) is 16.6. The Morgan fingerprint density at radius 1 is 1.15 bits per heavy atom. The van der Waals surface area contributed by atoms with E-state index in [1.54, 1.807) is 17.0 Å². The van der Waals surface area contributed by atoms with Gasteiger partial charge >= 0.3 is 12.2 Å². The molecule has 2 saturated heterocycles. The summed E-state index contributed by atoms with van der Waals surface area (Å²) in [5.74, 6) is 1.89. The fourth-order valence-corrected chi connectivity index (χ4v) is 6.75. The molecule has 0 bridgehead atoms. The lowest BCUT2D eigenvalue weighted by molar-refractivity contribution is -0.118. The zero-order chi connectivity index (χ0) is 34.4. The average Bonchev–Trinajstić information content (AvgIpc) is 3.69. The van der Waals surface area contributed by atoms with Crippen molar-refractivity contribution < 1.29 is 38.1 Å². The van der Waals surface area contributed by atoms with Gasteiger partial charge in [0.2, 0.25) is 5.88 Å². The summed E-state index contributed by atoms with van der Waals surface area (Å²) in [4.78, 5) is 49.6. The highest BCUT2D eigenvalue weighted by Gasteiger charge is 2.46. The third-order valence-corrected chi connectivity index (χ3v) is 9.09. The molecule has 0 saturated carbocycles. The molecule has 14 nitrogen and oxygen atoms in total. The Balaban J connectivity index is 0.988. The largest absolute Gasteiger partial charge is 0.480 e. The van der Waals surface area contributed by atoms with E-state index in [4.69, 9.17) is 28.7 Å². The summed E-state index contributed by atoms with van der Waals surface area (Å²) in [6.45, 7) is 15.8. The third-order valence-electron chi connectivity index (χ3n) is 9.09. The highest BCUT2D eigenvalue weighted by Crippen LogP contribution is 2.36. The Bertz CT molecular complexity index is 1590. The normalized spacial score (nSPS) is 22.9. The van der Waals surface area contributed by atoms with Crippen molar-refractivity contribution in [1.82, 2.24) is 20.2 Å². The molecule has 0 radical (unpaired) electrons. The summed E-state index contributed by atoms with van der Waals surface area (Å²) in [5, 5.41) is 6.23. The summed E-state index contributed by atoms with van der Waals surface area (Å²) in [7, 11) is 0. The van der Waals surface area contributed by atoms with E-state index in [0.717, 1.165) is 30.6 Å². The van der Waals surface area contributed by atoms with Crippen LogP contribution in [0.3, 0.4) is 0 Å². The molecule has 3 aliphatic heterocycles. The van der Waals surface area contributed by atoms with E-state index < -0.39 is 23.5 Å². The van der Waals surface area contributed by atoms with Crippen LogP contribution in [-0.4, -0.2) is 95.9 Å². The Labute approximate surface area is 280 Å². The number of hydrogen-bond donors (Lipinski definition) is 2. The highest BCUT2D eigenvalue weighted by molar-refractivity contribution is 5.95. The second-order valence-corrected chi connectivity index (χ2v) is 14.4. The summed E-state index contributed by atoms with van der Waals surface area (Å²) >= 11 is 0. The zero-order valence-corrected chi connectivity index (χ0v) is 28.8. The number of rotatable bonds is 9. The van der Waals surface area contributed by atoms with E-state index >= 15 is 0 Å². The number of pyridine rings is 2. The van der Waals surface area contributed by atoms with Gasteiger partial charge in [-0.25, -0.2) is 19.6 Å². The first kappa shape index (κ1) is 33.7. The molecule has 5 heterocycles. The monoisotopic (exact) mass is 666 g/mol. The molecule has 1 aliphatic carbocycles. The average molecular weight is 667 g/mol. The SMILES string of the molecule is Cc1nc(OC[C@H]2COC(C)(C)N2C(=O)OC(C)(C)C)c(C)c2c1CC(CNCCC1CN(c3ccc4c(n3)NC(=O)CO4)C(=O)O1)C2. The van der Waals surface area contributed by atoms with E-state index in [0.29, 0.717) is 55.3 Å². The van der Waals surface area contributed by atoms with E-state index in [-0.39, 0.29) is 31.3 Å². The number of hydrogen-bond acceptors (Lipinski definition) is 11. The summed E-state index contributed by atoms with van der Waals surface area (Å²) in [5.41, 5.74) is 3.11. The quantitative estimate of drug-likeness (QED) is 0.375. The molecule has 2 fully saturated rings. The van der Waals surface area contributed by atoms with Gasteiger partial charge in [-0.1, -0.05) is 0 Å². The molecule has 2 unspecified atom stereocenters. The Morgan fingerprint density at radius 2 is 1.92 bits per heavy atom.